The molecule has 0 aliphatic carbocycles. The van der Waals surface area contributed by atoms with Gasteiger partial charge in [0.2, 0.25) is 5.91 Å². The summed E-state index contributed by atoms with van der Waals surface area (Å²) in [5.41, 5.74) is -2.16. The van der Waals surface area contributed by atoms with Crippen molar-refractivity contribution in [2.24, 2.45) is 5.92 Å². The fourth-order valence-corrected chi connectivity index (χ4v) is 2.27. The van der Waals surface area contributed by atoms with Crippen molar-refractivity contribution < 1.29 is 22.7 Å². The van der Waals surface area contributed by atoms with Crippen molar-refractivity contribution in [3.05, 3.63) is 0 Å². The van der Waals surface area contributed by atoms with E-state index in [4.69, 9.17) is 0 Å². The van der Waals surface area contributed by atoms with Gasteiger partial charge in [0.25, 0.3) is 0 Å². The lowest BCUT2D eigenvalue weighted by Gasteiger charge is -2.49. The predicted octanol–water partition coefficient (Wildman–Crippen LogP) is 0.386. The van der Waals surface area contributed by atoms with Crippen molar-refractivity contribution in [3.8, 4) is 0 Å². The smallest absolute Gasteiger partial charge is 0.365 e. The largest absolute Gasteiger partial charge is 0.420 e. The standard InChI is InChI=1S/C10H15F3N2O2/c1-17-9(10(11,12)13)5-15(6-9)8(16)7-2-3-14-4-7/h7,14H,2-6H2,1H3/t7-/m1/s1. The molecule has 0 unspecified atom stereocenters. The zero-order valence-corrected chi connectivity index (χ0v) is 9.51. The quantitative estimate of drug-likeness (QED) is 0.772. The molecular formula is C10H15F3N2O2. The Morgan fingerprint density at radius 1 is 1.47 bits per heavy atom. The maximum Gasteiger partial charge on any atom is 0.420 e. The van der Waals surface area contributed by atoms with E-state index < -0.39 is 11.8 Å². The van der Waals surface area contributed by atoms with Gasteiger partial charge in [0.05, 0.1) is 19.0 Å². The highest BCUT2D eigenvalue weighted by molar-refractivity contribution is 5.80. The van der Waals surface area contributed by atoms with Gasteiger partial charge in [-0.15, -0.1) is 0 Å². The number of likely N-dealkylation sites (tertiary alicyclic amines) is 1. The van der Waals surface area contributed by atoms with Gasteiger partial charge >= 0.3 is 6.18 Å². The lowest BCUT2D eigenvalue weighted by molar-refractivity contribution is -0.307. The molecule has 2 rings (SSSR count). The second-order valence-electron chi connectivity index (χ2n) is 4.58. The molecule has 17 heavy (non-hydrogen) atoms. The Bertz CT molecular complexity index is 307. The van der Waals surface area contributed by atoms with Crippen molar-refractivity contribution >= 4 is 5.91 Å². The van der Waals surface area contributed by atoms with Crippen LogP contribution in [0.4, 0.5) is 13.2 Å². The molecule has 98 valence electrons. The van der Waals surface area contributed by atoms with E-state index >= 15 is 0 Å². The van der Waals surface area contributed by atoms with E-state index in [9.17, 15) is 18.0 Å². The Morgan fingerprint density at radius 2 is 2.12 bits per heavy atom. The van der Waals surface area contributed by atoms with Gasteiger partial charge in [0, 0.05) is 13.7 Å². The van der Waals surface area contributed by atoms with Gasteiger partial charge in [0.15, 0.2) is 5.60 Å². The minimum atomic E-state index is -4.42. The van der Waals surface area contributed by atoms with Crippen LogP contribution in [-0.2, 0) is 9.53 Å². The first-order chi connectivity index (χ1) is 7.89. The summed E-state index contributed by atoms with van der Waals surface area (Å²) in [7, 11) is 1.03. The molecule has 2 aliphatic rings. The summed E-state index contributed by atoms with van der Waals surface area (Å²) in [6.07, 6.45) is -3.73. The normalized spacial score (nSPS) is 28.0. The molecule has 1 atom stereocenters. The molecule has 0 saturated carbocycles. The number of rotatable bonds is 2. The number of ether oxygens (including phenoxy) is 1. The molecule has 1 N–H and O–H groups in total. The van der Waals surface area contributed by atoms with Gasteiger partial charge in [-0.2, -0.15) is 13.2 Å². The molecule has 4 nitrogen and oxygen atoms in total. The number of hydrogen-bond acceptors (Lipinski definition) is 3. The van der Waals surface area contributed by atoms with Crippen molar-refractivity contribution in [1.29, 1.82) is 0 Å². The minimum absolute atomic E-state index is 0.182. The summed E-state index contributed by atoms with van der Waals surface area (Å²) in [4.78, 5) is 13.1. The van der Waals surface area contributed by atoms with Gasteiger partial charge in [-0.05, 0) is 13.0 Å². The van der Waals surface area contributed by atoms with Crippen LogP contribution < -0.4 is 5.32 Å². The molecule has 2 saturated heterocycles. The van der Waals surface area contributed by atoms with Crippen LogP contribution in [0.3, 0.4) is 0 Å². The second-order valence-corrected chi connectivity index (χ2v) is 4.58. The van der Waals surface area contributed by atoms with Crippen LogP contribution in [0.1, 0.15) is 6.42 Å². The third-order valence-electron chi connectivity index (χ3n) is 3.52. The van der Waals surface area contributed by atoms with E-state index in [1.807, 2.05) is 0 Å². The summed E-state index contributed by atoms with van der Waals surface area (Å²) >= 11 is 0. The first-order valence-electron chi connectivity index (χ1n) is 5.51. The number of carbonyl (C=O) groups is 1. The van der Waals surface area contributed by atoms with E-state index in [1.54, 1.807) is 0 Å². The average Bonchev–Trinajstić information content (AvgIpc) is 2.66. The Labute approximate surface area is 97.1 Å². The lowest BCUT2D eigenvalue weighted by Crippen LogP contribution is -2.71. The summed E-state index contributed by atoms with van der Waals surface area (Å²) in [6, 6.07) is 0. The zero-order valence-electron chi connectivity index (χ0n) is 9.51. The average molecular weight is 252 g/mol. The lowest BCUT2D eigenvalue weighted by atomic mass is 9.91. The SMILES string of the molecule is COC1(C(F)(F)F)CN(C(=O)[C@@H]2CCNC2)C1. The van der Waals surface area contributed by atoms with Crippen molar-refractivity contribution in [1.82, 2.24) is 10.2 Å². The molecule has 7 heteroatoms. The van der Waals surface area contributed by atoms with E-state index in [0.717, 1.165) is 13.7 Å². The molecule has 2 fully saturated rings. The number of halogens is 3. The molecule has 1 amide bonds. The first kappa shape index (κ1) is 12.6. The Hall–Kier alpha value is -0.820. The Morgan fingerprint density at radius 3 is 2.53 bits per heavy atom. The van der Waals surface area contributed by atoms with Crippen LogP contribution in [0.5, 0.6) is 0 Å². The maximum atomic E-state index is 12.7. The number of methoxy groups -OCH3 is 1. The molecule has 0 radical (unpaired) electrons. The number of alkyl halides is 3. The predicted molar refractivity (Wildman–Crippen MR) is 53.4 cm³/mol. The zero-order chi connectivity index (χ0) is 12.7. The number of amides is 1. The van der Waals surface area contributed by atoms with E-state index in [2.05, 4.69) is 10.1 Å². The molecule has 2 heterocycles. The maximum absolute atomic E-state index is 12.7. The number of nitrogens with one attached hydrogen (secondary N) is 1. The van der Waals surface area contributed by atoms with E-state index in [1.165, 1.54) is 4.90 Å². The van der Waals surface area contributed by atoms with Crippen LogP contribution in [-0.4, -0.2) is 55.9 Å². The molecule has 0 spiro atoms. The first-order valence-corrected chi connectivity index (χ1v) is 5.51. The molecule has 2 aliphatic heterocycles. The van der Waals surface area contributed by atoms with Gasteiger partial charge < -0.3 is 15.0 Å². The Balaban J connectivity index is 1.95. The third kappa shape index (κ3) is 2.01. The van der Waals surface area contributed by atoms with Crippen LogP contribution in [0, 0.1) is 5.92 Å². The van der Waals surface area contributed by atoms with Crippen LogP contribution in [0.25, 0.3) is 0 Å². The summed E-state index contributed by atoms with van der Waals surface area (Å²) in [6.45, 7) is 0.533. The van der Waals surface area contributed by atoms with Gasteiger partial charge in [-0.3, -0.25) is 4.79 Å². The van der Waals surface area contributed by atoms with Gasteiger partial charge in [-0.1, -0.05) is 0 Å². The highest BCUT2D eigenvalue weighted by atomic mass is 19.4. The number of nitrogens with zero attached hydrogens (tertiary/aromatic N) is 1. The van der Waals surface area contributed by atoms with Crippen molar-refractivity contribution in [2.75, 3.05) is 33.3 Å². The molecule has 0 aromatic carbocycles. The van der Waals surface area contributed by atoms with Crippen LogP contribution in [0.2, 0.25) is 0 Å². The molecule has 0 aromatic rings. The highest BCUT2D eigenvalue weighted by Gasteiger charge is 2.64. The number of hydrogen-bond donors (Lipinski definition) is 1. The third-order valence-corrected chi connectivity index (χ3v) is 3.52. The van der Waals surface area contributed by atoms with E-state index in [-0.39, 0.29) is 24.9 Å². The number of carbonyl (C=O) groups excluding carboxylic acids is 1. The second kappa shape index (κ2) is 4.13. The van der Waals surface area contributed by atoms with Crippen molar-refractivity contribution in [2.45, 2.75) is 18.2 Å². The highest BCUT2D eigenvalue weighted by Crippen LogP contribution is 2.41. The van der Waals surface area contributed by atoms with Crippen LogP contribution in [0.15, 0.2) is 0 Å². The molecule has 0 bridgehead atoms. The van der Waals surface area contributed by atoms with Crippen molar-refractivity contribution in [3.63, 3.8) is 0 Å². The van der Waals surface area contributed by atoms with E-state index in [0.29, 0.717) is 13.0 Å². The summed E-state index contributed by atoms with van der Waals surface area (Å²) in [5, 5.41) is 3.02. The molecular weight excluding hydrogens is 237 g/mol. The van der Waals surface area contributed by atoms with Gasteiger partial charge in [-0.25, -0.2) is 0 Å². The monoisotopic (exact) mass is 252 g/mol. The summed E-state index contributed by atoms with van der Waals surface area (Å²) < 4.78 is 42.6. The summed E-state index contributed by atoms with van der Waals surface area (Å²) in [5.74, 6) is -0.384. The molecule has 0 aromatic heterocycles. The van der Waals surface area contributed by atoms with Crippen LogP contribution >= 0.6 is 0 Å². The fraction of sp³-hybridized carbons (Fsp3) is 0.900. The topological polar surface area (TPSA) is 41.6 Å². The Kier molecular flexibility index (Phi) is 3.07. The fourth-order valence-electron chi connectivity index (χ4n) is 2.27. The minimum Gasteiger partial charge on any atom is -0.365 e. The van der Waals surface area contributed by atoms with Gasteiger partial charge in [0.1, 0.15) is 0 Å².